The molecule has 3 rings (SSSR count). The first-order chi connectivity index (χ1) is 12.1. The number of methoxy groups -OCH3 is 1. The summed E-state index contributed by atoms with van der Waals surface area (Å²) in [6, 6.07) is 9.72. The smallest absolute Gasteiger partial charge is 0.254 e. The van der Waals surface area contributed by atoms with Crippen molar-refractivity contribution in [2.75, 3.05) is 12.4 Å². The number of fused-ring (bicyclic) bond motifs is 1. The number of hydrogen-bond acceptors (Lipinski definition) is 4. The van der Waals surface area contributed by atoms with Crippen molar-refractivity contribution in [2.45, 2.75) is 33.2 Å². The van der Waals surface area contributed by atoms with Crippen LogP contribution in [0.2, 0.25) is 0 Å². The van der Waals surface area contributed by atoms with Gasteiger partial charge in [-0.25, -0.2) is 0 Å². The number of anilines is 1. The van der Waals surface area contributed by atoms with Gasteiger partial charge >= 0.3 is 0 Å². The molecule has 2 aromatic heterocycles. The Morgan fingerprint density at radius 1 is 1.36 bits per heavy atom. The normalized spacial score (nSPS) is 11.2. The zero-order chi connectivity index (χ0) is 17.8. The largest absolute Gasteiger partial charge is 0.479 e. The second-order valence-electron chi connectivity index (χ2n) is 6.48. The van der Waals surface area contributed by atoms with Crippen LogP contribution in [0.4, 0.5) is 5.69 Å². The van der Waals surface area contributed by atoms with Crippen molar-refractivity contribution in [2.24, 2.45) is 5.92 Å². The highest BCUT2D eigenvalue weighted by molar-refractivity contribution is 6.01. The monoisotopic (exact) mass is 341 g/mol. The van der Waals surface area contributed by atoms with Gasteiger partial charge in [0.1, 0.15) is 5.76 Å². The van der Waals surface area contributed by atoms with Crippen LogP contribution in [0.15, 0.2) is 41.1 Å². The van der Waals surface area contributed by atoms with Gasteiger partial charge in [-0.1, -0.05) is 19.9 Å². The number of aromatic nitrogens is 2. The number of amides is 1. The van der Waals surface area contributed by atoms with E-state index in [1.165, 1.54) is 7.11 Å². The Labute approximate surface area is 146 Å². The summed E-state index contributed by atoms with van der Waals surface area (Å²) in [5.74, 6) is 1.56. The van der Waals surface area contributed by atoms with Crippen LogP contribution in [-0.4, -0.2) is 22.7 Å². The van der Waals surface area contributed by atoms with Gasteiger partial charge in [0, 0.05) is 37.0 Å². The predicted octanol–water partition coefficient (Wildman–Crippen LogP) is 3.87. The SMILES string of the molecule is COc1cc(CCC(=O)Nc2cccc3c2ccn3CC(C)C)on1. The van der Waals surface area contributed by atoms with E-state index in [0.717, 1.165) is 23.1 Å². The summed E-state index contributed by atoms with van der Waals surface area (Å²) >= 11 is 0. The molecule has 1 amide bonds. The van der Waals surface area contributed by atoms with Gasteiger partial charge in [-0.2, -0.15) is 0 Å². The number of carbonyl (C=O) groups is 1. The van der Waals surface area contributed by atoms with Gasteiger partial charge in [0.25, 0.3) is 5.88 Å². The van der Waals surface area contributed by atoms with E-state index in [4.69, 9.17) is 9.26 Å². The minimum absolute atomic E-state index is 0.0560. The van der Waals surface area contributed by atoms with Gasteiger partial charge in [0.15, 0.2) is 0 Å². The van der Waals surface area contributed by atoms with Crippen LogP contribution in [0.5, 0.6) is 5.88 Å². The second kappa shape index (κ2) is 7.42. The van der Waals surface area contributed by atoms with E-state index in [0.29, 0.717) is 30.4 Å². The molecule has 3 aromatic rings. The van der Waals surface area contributed by atoms with Gasteiger partial charge in [-0.3, -0.25) is 4.79 Å². The molecule has 0 spiro atoms. The van der Waals surface area contributed by atoms with Crippen molar-refractivity contribution in [3.63, 3.8) is 0 Å². The molecule has 6 nitrogen and oxygen atoms in total. The first-order valence-electron chi connectivity index (χ1n) is 8.44. The van der Waals surface area contributed by atoms with Crippen LogP contribution < -0.4 is 10.1 Å². The average Bonchev–Trinajstić information content (AvgIpc) is 3.20. The number of carbonyl (C=O) groups excluding carboxylic acids is 1. The summed E-state index contributed by atoms with van der Waals surface area (Å²) < 4.78 is 12.3. The fourth-order valence-corrected chi connectivity index (χ4v) is 2.84. The molecule has 0 bridgehead atoms. The predicted molar refractivity (Wildman–Crippen MR) is 96.8 cm³/mol. The Kier molecular flexibility index (Phi) is 5.07. The standard InChI is InChI=1S/C19H23N3O3/c1-13(2)12-22-10-9-15-16(5-4-6-17(15)22)20-18(23)8-7-14-11-19(24-3)21-25-14/h4-6,9-11,13H,7-8,12H2,1-3H3,(H,20,23). The minimum atomic E-state index is -0.0560. The number of benzene rings is 1. The lowest BCUT2D eigenvalue weighted by Gasteiger charge is -2.10. The van der Waals surface area contributed by atoms with E-state index >= 15 is 0 Å². The molecule has 1 N–H and O–H groups in total. The summed E-state index contributed by atoms with van der Waals surface area (Å²) in [4.78, 5) is 12.3. The van der Waals surface area contributed by atoms with E-state index in [1.807, 2.05) is 12.1 Å². The molecule has 1 aromatic carbocycles. The number of nitrogens with one attached hydrogen (secondary N) is 1. The number of aryl methyl sites for hydroxylation is 1. The highest BCUT2D eigenvalue weighted by Gasteiger charge is 2.11. The Hall–Kier alpha value is -2.76. The zero-order valence-electron chi connectivity index (χ0n) is 14.8. The summed E-state index contributed by atoms with van der Waals surface area (Å²) in [6.07, 6.45) is 2.87. The van der Waals surface area contributed by atoms with Crippen LogP contribution in [0.3, 0.4) is 0 Å². The fraction of sp³-hybridized carbons (Fsp3) is 0.368. The molecular formula is C19H23N3O3. The molecule has 0 fully saturated rings. The highest BCUT2D eigenvalue weighted by atomic mass is 16.5. The highest BCUT2D eigenvalue weighted by Crippen LogP contribution is 2.25. The van der Waals surface area contributed by atoms with Gasteiger partial charge < -0.3 is 19.1 Å². The van der Waals surface area contributed by atoms with Crippen LogP contribution >= 0.6 is 0 Å². The van der Waals surface area contributed by atoms with Crippen molar-refractivity contribution in [1.29, 1.82) is 0 Å². The van der Waals surface area contributed by atoms with Gasteiger partial charge in [0.2, 0.25) is 5.91 Å². The van der Waals surface area contributed by atoms with Crippen LogP contribution in [-0.2, 0) is 17.8 Å². The molecule has 0 atom stereocenters. The molecule has 0 radical (unpaired) electrons. The van der Waals surface area contributed by atoms with E-state index in [9.17, 15) is 4.79 Å². The molecule has 6 heteroatoms. The van der Waals surface area contributed by atoms with Gasteiger partial charge in [-0.05, 0) is 29.3 Å². The average molecular weight is 341 g/mol. The summed E-state index contributed by atoms with van der Waals surface area (Å²) in [5.41, 5.74) is 1.96. The summed E-state index contributed by atoms with van der Waals surface area (Å²) in [5, 5.41) is 7.78. The lowest BCUT2D eigenvalue weighted by Crippen LogP contribution is -2.12. The van der Waals surface area contributed by atoms with Crippen molar-refractivity contribution in [3.05, 3.63) is 42.3 Å². The van der Waals surface area contributed by atoms with E-state index in [2.05, 4.69) is 47.2 Å². The maximum absolute atomic E-state index is 12.3. The first-order valence-corrected chi connectivity index (χ1v) is 8.44. The number of nitrogens with zero attached hydrogens (tertiary/aromatic N) is 2. The third-order valence-corrected chi connectivity index (χ3v) is 3.99. The molecule has 0 saturated heterocycles. The zero-order valence-corrected chi connectivity index (χ0v) is 14.8. The maximum atomic E-state index is 12.3. The Morgan fingerprint density at radius 3 is 2.92 bits per heavy atom. The van der Waals surface area contributed by atoms with Gasteiger partial charge in [0.05, 0.1) is 18.3 Å². The minimum Gasteiger partial charge on any atom is -0.479 e. The lowest BCUT2D eigenvalue weighted by atomic mass is 10.2. The van der Waals surface area contributed by atoms with Crippen molar-refractivity contribution >= 4 is 22.5 Å². The van der Waals surface area contributed by atoms with E-state index in [-0.39, 0.29) is 5.91 Å². The van der Waals surface area contributed by atoms with Crippen LogP contribution in [0, 0.1) is 5.92 Å². The third kappa shape index (κ3) is 4.02. The third-order valence-electron chi connectivity index (χ3n) is 3.99. The van der Waals surface area contributed by atoms with Crippen molar-refractivity contribution < 1.29 is 14.1 Å². The quantitative estimate of drug-likeness (QED) is 0.708. The first kappa shape index (κ1) is 17.1. The topological polar surface area (TPSA) is 69.3 Å². The Bertz CT molecular complexity index is 864. The molecule has 132 valence electrons. The fourth-order valence-electron chi connectivity index (χ4n) is 2.84. The van der Waals surface area contributed by atoms with Crippen LogP contribution in [0.1, 0.15) is 26.0 Å². The van der Waals surface area contributed by atoms with E-state index in [1.54, 1.807) is 6.07 Å². The summed E-state index contributed by atoms with van der Waals surface area (Å²) in [6.45, 7) is 5.33. The Balaban J connectivity index is 1.67. The number of ether oxygens (including phenoxy) is 1. The van der Waals surface area contributed by atoms with Crippen molar-refractivity contribution in [1.82, 2.24) is 9.72 Å². The molecule has 0 aliphatic heterocycles. The molecule has 0 unspecified atom stereocenters. The molecule has 25 heavy (non-hydrogen) atoms. The molecule has 0 aliphatic carbocycles. The van der Waals surface area contributed by atoms with Gasteiger partial charge in [-0.15, -0.1) is 0 Å². The molecule has 2 heterocycles. The molecule has 0 aliphatic rings. The second-order valence-corrected chi connectivity index (χ2v) is 6.48. The maximum Gasteiger partial charge on any atom is 0.254 e. The lowest BCUT2D eigenvalue weighted by molar-refractivity contribution is -0.116. The summed E-state index contributed by atoms with van der Waals surface area (Å²) in [7, 11) is 1.53. The van der Waals surface area contributed by atoms with E-state index < -0.39 is 0 Å². The number of rotatable bonds is 7. The Morgan fingerprint density at radius 2 is 2.20 bits per heavy atom. The number of hydrogen-bond donors (Lipinski definition) is 1. The molecular weight excluding hydrogens is 318 g/mol. The van der Waals surface area contributed by atoms with Crippen LogP contribution in [0.25, 0.3) is 10.9 Å². The van der Waals surface area contributed by atoms with Crippen molar-refractivity contribution in [3.8, 4) is 5.88 Å². The molecule has 0 saturated carbocycles.